The van der Waals surface area contributed by atoms with Crippen LogP contribution in [0, 0.1) is 5.92 Å². The number of primary amides is 1. The Morgan fingerprint density at radius 3 is 2.57 bits per heavy atom. The molecule has 0 bridgehead atoms. The highest BCUT2D eigenvalue weighted by Crippen LogP contribution is 2.40. The lowest BCUT2D eigenvalue weighted by atomic mass is 10.1. The number of amides is 2. The van der Waals surface area contributed by atoms with Crippen molar-refractivity contribution in [3.05, 3.63) is 10.4 Å². The van der Waals surface area contributed by atoms with Crippen LogP contribution in [0.15, 0.2) is 0 Å². The Balaban J connectivity index is 2.43. The number of nitrogen functional groups attached to an aromatic ring is 1. The van der Waals surface area contributed by atoms with Gasteiger partial charge in [-0.05, 0) is 12.3 Å². The molecule has 6 nitrogen and oxygen atoms in total. The minimum Gasteiger partial charge on any atom is -0.397 e. The maximum atomic E-state index is 12.2. The molecule has 0 saturated carbocycles. The van der Waals surface area contributed by atoms with E-state index in [1.54, 1.807) is 14.1 Å². The summed E-state index contributed by atoms with van der Waals surface area (Å²) in [5.41, 5.74) is 12.0. The SMILES string of the molecule is CCC1CCN(c2sc(C(=O)N(C)C)c(N)c2C(N)=O)C1. The van der Waals surface area contributed by atoms with E-state index in [0.29, 0.717) is 16.4 Å². The molecule has 1 aliphatic heterocycles. The lowest BCUT2D eigenvalue weighted by Gasteiger charge is -2.17. The average Bonchev–Trinajstić information content (AvgIpc) is 3.01. The number of anilines is 2. The normalized spacial score (nSPS) is 18.0. The van der Waals surface area contributed by atoms with E-state index in [-0.39, 0.29) is 11.6 Å². The van der Waals surface area contributed by atoms with Crippen LogP contribution in [0.2, 0.25) is 0 Å². The number of carbonyl (C=O) groups excluding carboxylic acids is 2. The van der Waals surface area contributed by atoms with Gasteiger partial charge in [0.05, 0.1) is 11.3 Å². The third kappa shape index (κ3) is 2.83. The summed E-state index contributed by atoms with van der Waals surface area (Å²) in [6, 6.07) is 0. The van der Waals surface area contributed by atoms with Gasteiger partial charge < -0.3 is 21.3 Å². The van der Waals surface area contributed by atoms with E-state index in [0.717, 1.165) is 30.9 Å². The van der Waals surface area contributed by atoms with Gasteiger partial charge in [-0.15, -0.1) is 11.3 Å². The maximum Gasteiger partial charge on any atom is 0.265 e. The van der Waals surface area contributed by atoms with Crippen LogP contribution in [0.3, 0.4) is 0 Å². The fraction of sp³-hybridized carbons (Fsp3) is 0.571. The summed E-state index contributed by atoms with van der Waals surface area (Å²) in [6.07, 6.45) is 2.19. The third-order valence-electron chi connectivity index (χ3n) is 3.92. The fourth-order valence-electron chi connectivity index (χ4n) is 2.60. The lowest BCUT2D eigenvalue weighted by Crippen LogP contribution is -2.23. The van der Waals surface area contributed by atoms with Gasteiger partial charge in [0.1, 0.15) is 9.88 Å². The topological polar surface area (TPSA) is 92.7 Å². The molecule has 0 radical (unpaired) electrons. The number of nitrogens with two attached hydrogens (primary N) is 2. The van der Waals surface area contributed by atoms with Crippen LogP contribution in [-0.2, 0) is 0 Å². The zero-order valence-electron chi connectivity index (χ0n) is 12.7. The quantitative estimate of drug-likeness (QED) is 0.878. The van der Waals surface area contributed by atoms with E-state index in [1.807, 2.05) is 0 Å². The molecule has 1 unspecified atom stereocenters. The predicted molar refractivity (Wildman–Crippen MR) is 85.9 cm³/mol. The van der Waals surface area contributed by atoms with Crippen molar-refractivity contribution in [3.63, 3.8) is 0 Å². The third-order valence-corrected chi connectivity index (χ3v) is 5.18. The van der Waals surface area contributed by atoms with Gasteiger partial charge >= 0.3 is 0 Å². The maximum absolute atomic E-state index is 12.2. The van der Waals surface area contributed by atoms with Gasteiger partial charge in [0.15, 0.2) is 0 Å². The molecule has 4 N–H and O–H groups in total. The van der Waals surface area contributed by atoms with Crippen LogP contribution in [0.5, 0.6) is 0 Å². The van der Waals surface area contributed by atoms with Gasteiger partial charge in [-0.2, -0.15) is 0 Å². The van der Waals surface area contributed by atoms with Crippen molar-refractivity contribution in [1.82, 2.24) is 4.90 Å². The Bertz CT molecular complexity index is 568. The van der Waals surface area contributed by atoms with Crippen LogP contribution in [-0.4, -0.2) is 43.9 Å². The van der Waals surface area contributed by atoms with Crippen molar-refractivity contribution in [3.8, 4) is 0 Å². The molecule has 1 atom stereocenters. The first kappa shape index (κ1) is 15.6. The number of carbonyl (C=O) groups is 2. The zero-order valence-corrected chi connectivity index (χ0v) is 13.5. The lowest BCUT2D eigenvalue weighted by molar-refractivity contribution is 0.0833. The first-order valence-corrected chi connectivity index (χ1v) is 7.87. The predicted octanol–water partition coefficient (Wildman–Crippen LogP) is 1.37. The van der Waals surface area contributed by atoms with E-state index in [2.05, 4.69) is 11.8 Å². The molecule has 0 spiro atoms. The number of nitrogens with zero attached hydrogens (tertiary/aromatic N) is 2. The Labute approximate surface area is 128 Å². The smallest absolute Gasteiger partial charge is 0.265 e. The van der Waals surface area contributed by atoms with E-state index >= 15 is 0 Å². The summed E-state index contributed by atoms with van der Waals surface area (Å²) in [7, 11) is 3.32. The van der Waals surface area contributed by atoms with Crippen LogP contribution >= 0.6 is 11.3 Å². The second-order valence-electron chi connectivity index (χ2n) is 5.60. The Morgan fingerprint density at radius 1 is 1.43 bits per heavy atom. The Hall–Kier alpha value is -1.76. The van der Waals surface area contributed by atoms with Crippen molar-refractivity contribution in [2.45, 2.75) is 19.8 Å². The molecule has 2 amide bonds. The molecule has 1 aromatic heterocycles. The second kappa shape index (κ2) is 5.93. The summed E-state index contributed by atoms with van der Waals surface area (Å²) in [4.78, 5) is 27.9. The summed E-state index contributed by atoms with van der Waals surface area (Å²) in [6.45, 7) is 3.91. The highest BCUT2D eigenvalue weighted by molar-refractivity contribution is 7.19. The summed E-state index contributed by atoms with van der Waals surface area (Å²) in [5, 5.41) is 0.737. The second-order valence-corrected chi connectivity index (χ2v) is 6.60. The van der Waals surface area contributed by atoms with Crippen LogP contribution in [0.25, 0.3) is 0 Å². The van der Waals surface area contributed by atoms with E-state index in [1.165, 1.54) is 16.2 Å². The van der Waals surface area contributed by atoms with Gasteiger partial charge in [-0.3, -0.25) is 9.59 Å². The van der Waals surface area contributed by atoms with Crippen molar-refractivity contribution in [1.29, 1.82) is 0 Å². The molecule has 21 heavy (non-hydrogen) atoms. The molecule has 0 aromatic carbocycles. The van der Waals surface area contributed by atoms with Crippen molar-refractivity contribution >= 4 is 33.8 Å². The number of thiophene rings is 1. The first-order valence-electron chi connectivity index (χ1n) is 7.05. The molecule has 1 fully saturated rings. The van der Waals surface area contributed by atoms with Crippen molar-refractivity contribution in [2.24, 2.45) is 11.7 Å². The molecule has 2 heterocycles. The molecule has 1 aliphatic rings. The molecule has 7 heteroatoms. The highest BCUT2D eigenvalue weighted by atomic mass is 32.1. The van der Waals surface area contributed by atoms with E-state index in [4.69, 9.17) is 11.5 Å². The van der Waals surface area contributed by atoms with Gasteiger partial charge in [-0.1, -0.05) is 13.3 Å². The monoisotopic (exact) mass is 310 g/mol. The minimum atomic E-state index is -0.573. The van der Waals surface area contributed by atoms with Gasteiger partial charge in [-0.25, -0.2) is 0 Å². The summed E-state index contributed by atoms with van der Waals surface area (Å²) >= 11 is 1.27. The average molecular weight is 310 g/mol. The molecular weight excluding hydrogens is 288 g/mol. The Morgan fingerprint density at radius 2 is 2.10 bits per heavy atom. The van der Waals surface area contributed by atoms with Crippen LogP contribution < -0.4 is 16.4 Å². The van der Waals surface area contributed by atoms with Crippen LogP contribution in [0.1, 0.15) is 39.8 Å². The summed E-state index contributed by atoms with van der Waals surface area (Å²) in [5.74, 6) is -0.156. The number of rotatable bonds is 4. The Kier molecular flexibility index (Phi) is 4.41. The molecule has 116 valence electrons. The highest BCUT2D eigenvalue weighted by Gasteiger charge is 2.31. The van der Waals surface area contributed by atoms with Crippen molar-refractivity contribution in [2.75, 3.05) is 37.8 Å². The van der Waals surface area contributed by atoms with Gasteiger partial charge in [0.2, 0.25) is 0 Å². The first-order chi connectivity index (χ1) is 9.86. The molecule has 1 aromatic rings. The number of hydrogen-bond donors (Lipinski definition) is 2. The van der Waals surface area contributed by atoms with E-state index in [9.17, 15) is 9.59 Å². The molecule has 0 aliphatic carbocycles. The number of hydrogen-bond acceptors (Lipinski definition) is 5. The van der Waals surface area contributed by atoms with Gasteiger partial charge in [0, 0.05) is 27.2 Å². The minimum absolute atomic E-state index is 0.197. The molecule has 1 saturated heterocycles. The fourth-order valence-corrected chi connectivity index (χ4v) is 3.89. The zero-order chi connectivity index (χ0) is 15.7. The molecule has 2 rings (SSSR count). The largest absolute Gasteiger partial charge is 0.397 e. The van der Waals surface area contributed by atoms with E-state index < -0.39 is 5.91 Å². The standard InChI is InChI=1S/C14H22N4O2S/c1-4-8-5-6-18(7-8)14-9(12(16)19)10(15)11(21-14)13(20)17(2)3/h8H,4-7,15H2,1-3H3,(H2,16,19). The van der Waals surface area contributed by atoms with Crippen molar-refractivity contribution < 1.29 is 9.59 Å². The summed E-state index contributed by atoms with van der Waals surface area (Å²) < 4.78 is 0. The molecular formula is C14H22N4O2S. The van der Waals surface area contributed by atoms with Crippen LogP contribution in [0.4, 0.5) is 10.7 Å². The van der Waals surface area contributed by atoms with Gasteiger partial charge in [0.25, 0.3) is 11.8 Å².